The molecule has 0 bridgehead atoms. The summed E-state index contributed by atoms with van der Waals surface area (Å²) < 4.78 is 2.35. The molecule has 17 heavy (non-hydrogen) atoms. The number of aryl methyl sites for hydroxylation is 1. The van der Waals surface area contributed by atoms with Crippen molar-refractivity contribution in [1.82, 2.24) is 9.88 Å². The molecule has 0 amide bonds. The fourth-order valence-electron chi connectivity index (χ4n) is 2.40. The number of nitrogens with one attached hydrogen (secondary N) is 1. The fraction of sp³-hybridized carbons (Fsp3) is 0.733. The van der Waals surface area contributed by atoms with E-state index in [9.17, 15) is 0 Å². The zero-order valence-corrected chi connectivity index (χ0v) is 11.4. The van der Waals surface area contributed by atoms with Crippen LogP contribution >= 0.6 is 0 Å². The van der Waals surface area contributed by atoms with Crippen LogP contribution in [0.3, 0.4) is 0 Å². The molecule has 96 valence electrons. The van der Waals surface area contributed by atoms with Gasteiger partial charge in [0.15, 0.2) is 0 Å². The van der Waals surface area contributed by atoms with Gasteiger partial charge in [-0.1, -0.05) is 20.8 Å². The molecule has 1 aliphatic rings. The van der Waals surface area contributed by atoms with Gasteiger partial charge in [-0.25, -0.2) is 0 Å². The van der Waals surface area contributed by atoms with Gasteiger partial charge >= 0.3 is 0 Å². The summed E-state index contributed by atoms with van der Waals surface area (Å²) in [5.74, 6) is 1.67. The lowest BCUT2D eigenvalue weighted by atomic mass is 10.1. The number of rotatable bonds is 7. The van der Waals surface area contributed by atoms with E-state index in [1.165, 1.54) is 24.8 Å². The van der Waals surface area contributed by atoms with Gasteiger partial charge in [-0.15, -0.1) is 0 Å². The summed E-state index contributed by atoms with van der Waals surface area (Å²) >= 11 is 0. The quantitative estimate of drug-likeness (QED) is 0.763. The Hall–Kier alpha value is -0.760. The van der Waals surface area contributed by atoms with Crippen molar-refractivity contribution in [2.45, 2.75) is 52.6 Å². The third kappa shape index (κ3) is 3.60. The van der Waals surface area contributed by atoms with Gasteiger partial charge in [0.2, 0.25) is 0 Å². The van der Waals surface area contributed by atoms with Crippen LogP contribution in [0.2, 0.25) is 0 Å². The summed E-state index contributed by atoms with van der Waals surface area (Å²) in [7, 11) is 0. The van der Waals surface area contributed by atoms with E-state index in [0.29, 0.717) is 6.04 Å². The first kappa shape index (κ1) is 12.7. The van der Waals surface area contributed by atoms with Crippen molar-refractivity contribution in [3.63, 3.8) is 0 Å². The van der Waals surface area contributed by atoms with Crippen LogP contribution in [-0.4, -0.2) is 11.1 Å². The second-order valence-corrected chi connectivity index (χ2v) is 5.74. The van der Waals surface area contributed by atoms with Gasteiger partial charge in [0.1, 0.15) is 0 Å². The SMILES string of the molecule is CCNC(c1ccn(CCC(C)C)c1)C1CC1. The summed E-state index contributed by atoms with van der Waals surface area (Å²) in [4.78, 5) is 0. The molecule has 1 unspecified atom stereocenters. The summed E-state index contributed by atoms with van der Waals surface area (Å²) in [6.45, 7) is 9.00. The van der Waals surface area contributed by atoms with Crippen LogP contribution in [0.25, 0.3) is 0 Å². The molecule has 1 aliphatic carbocycles. The molecule has 0 aromatic carbocycles. The second kappa shape index (κ2) is 5.72. The van der Waals surface area contributed by atoms with Gasteiger partial charge in [-0.05, 0) is 49.3 Å². The van der Waals surface area contributed by atoms with E-state index in [4.69, 9.17) is 0 Å². The van der Waals surface area contributed by atoms with E-state index in [1.807, 2.05) is 0 Å². The molecule has 1 aromatic heterocycles. The van der Waals surface area contributed by atoms with Gasteiger partial charge in [-0.2, -0.15) is 0 Å². The molecule has 0 radical (unpaired) electrons. The Balaban J connectivity index is 1.95. The topological polar surface area (TPSA) is 17.0 Å². The minimum absolute atomic E-state index is 0.598. The van der Waals surface area contributed by atoms with E-state index in [2.05, 4.69) is 49.1 Å². The molecular weight excluding hydrogens is 208 g/mol. The predicted molar refractivity (Wildman–Crippen MR) is 73.0 cm³/mol. The van der Waals surface area contributed by atoms with Crippen LogP contribution in [0.15, 0.2) is 18.5 Å². The minimum Gasteiger partial charge on any atom is -0.354 e. The van der Waals surface area contributed by atoms with Crippen molar-refractivity contribution >= 4 is 0 Å². The molecule has 2 nitrogen and oxygen atoms in total. The molecule has 1 saturated carbocycles. The van der Waals surface area contributed by atoms with Crippen LogP contribution in [-0.2, 0) is 6.54 Å². The van der Waals surface area contributed by atoms with Crippen LogP contribution in [0.5, 0.6) is 0 Å². The van der Waals surface area contributed by atoms with Gasteiger partial charge in [0.25, 0.3) is 0 Å². The summed E-state index contributed by atoms with van der Waals surface area (Å²) in [5, 5.41) is 3.63. The summed E-state index contributed by atoms with van der Waals surface area (Å²) in [6.07, 6.45) is 8.64. The first-order chi connectivity index (χ1) is 8.20. The second-order valence-electron chi connectivity index (χ2n) is 5.74. The smallest absolute Gasteiger partial charge is 0.0363 e. The molecule has 2 rings (SSSR count). The zero-order valence-electron chi connectivity index (χ0n) is 11.4. The maximum atomic E-state index is 3.63. The standard InChI is InChI=1S/C15H26N2/c1-4-16-15(13-5-6-13)14-8-10-17(11-14)9-7-12(2)3/h8,10-13,15-16H,4-7,9H2,1-3H3. The Bertz CT molecular complexity index is 336. The highest BCUT2D eigenvalue weighted by atomic mass is 15.0. The maximum Gasteiger partial charge on any atom is 0.0363 e. The molecule has 1 N–H and O–H groups in total. The number of hydrogen-bond donors (Lipinski definition) is 1. The van der Waals surface area contributed by atoms with Crippen molar-refractivity contribution in [2.24, 2.45) is 11.8 Å². The van der Waals surface area contributed by atoms with E-state index in [1.54, 1.807) is 0 Å². The maximum absolute atomic E-state index is 3.63. The monoisotopic (exact) mass is 234 g/mol. The minimum atomic E-state index is 0.598. The molecule has 2 heteroatoms. The number of nitrogens with zero attached hydrogens (tertiary/aromatic N) is 1. The lowest BCUT2D eigenvalue weighted by Gasteiger charge is -2.15. The largest absolute Gasteiger partial charge is 0.354 e. The highest BCUT2D eigenvalue weighted by Gasteiger charge is 2.31. The van der Waals surface area contributed by atoms with Gasteiger partial charge < -0.3 is 9.88 Å². The van der Waals surface area contributed by atoms with Crippen LogP contribution < -0.4 is 5.32 Å². The van der Waals surface area contributed by atoms with Gasteiger partial charge in [-0.3, -0.25) is 0 Å². The average molecular weight is 234 g/mol. The van der Waals surface area contributed by atoms with Crippen molar-refractivity contribution in [3.8, 4) is 0 Å². The van der Waals surface area contributed by atoms with Crippen molar-refractivity contribution < 1.29 is 0 Å². The Kier molecular flexibility index (Phi) is 4.27. The molecule has 0 saturated heterocycles. The predicted octanol–water partition coefficient (Wildman–Crippen LogP) is 3.59. The third-order valence-electron chi connectivity index (χ3n) is 3.61. The van der Waals surface area contributed by atoms with E-state index >= 15 is 0 Å². The average Bonchev–Trinajstić information content (AvgIpc) is 3.02. The molecule has 1 fully saturated rings. The van der Waals surface area contributed by atoms with Crippen molar-refractivity contribution in [1.29, 1.82) is 0 Å². The highest BCUT2D eigenvalue weighted by molar-refractivity contribution is 5.18. The Morgan fingerprint density at radius 3 is 2.76 bits per heavy atom. The lowest BCUT2D eigenvalue weighted by molar-refractivity contribution is 0.490. The van der Waals surface area contributed by atoms with E-state index < -0.39 is 0 Å². The number of aromatic nitrogens is 1. The summed E-state index contributed by atoms with van der Waals surface area (Å²) in [5.41, 5.74) is 1.48. The molecular formula is C15H26N2. The van der Waals surface area contributed by atoms with Crippen molar-refractivity contribution in [2.75, 3.05) is 6.54 Å². The zero-order chi connectivity index (χ0) is 12.3. The molecule has 0 aliphatic heterocycles. The molecule has 0 spiro atoms. The first-order valence-corrected chi connectivity index (χ1v) is 7.09. The van der Waals surface area contributed by atoms with E-state index in [-0.39, 0.29) is 0 Å². The van der Waals surface area contributed by atoms with E-state index in [0.717, 1.165) is 24.9 Å². The first-order valence-electron chi connectivity index (χ1n) is 7.09. The van der Waals surface area contributed by atoms with Gasteiger partial charge in [0.05, 0.1) is 0 Å². The molecule has 1 heterocycles. The Morgan fingerprint density at radius 2 is 2.18 bits per heavy atom. The fourth-order valence-corrected chi connectivity index (χ4v) is 2.40. The van der Waals surface area contributed by atoms with Crippen LogP contribution in [0.1, 0.15) is 51.6 Å². The normalized spacial score (nSPS) is 17.6. The molecule has 1 aromatic rings. The van der Waals surface area contributed by atoms with Crippen molar-refractivity contribution in [3.05, 3.63) is 24.0 Å². The van der Waals surface area contributed by atoms with Crippen LogP contribution in [0.4, 0.5) is 0 Å². The lowest BCUT2D eigenvalue weighted by Crippen LogP contribution is -2.22. The number of hydrogen-bond acceptors (Lipinski definition) is 1. The Morgan fingerprint density at radius 1 is 1.41 bits per heavy atom. The van der Waals surface area contributed by atoms with Crippen LogP contribution in [0, 0.1) is 11.8 Å². The molecule has 1 atom stereocenters. The Labute approximate surface area is 105 Å². The van der Waals surface area contributed by atoms with Gasteiger partial charge in [0, 0.05) is 25.0 Å². The summed E-state index contributed by atoms with van der Waals surface area (Å²) in [6, 6.07) is 2.90. The highest BCUT2D eigenvalue weighted by Crippen LogP contribution is 2.40. The third-order valence-corrected chi connectivity index (χ3v) is 3.61.